The van der Waals surface area contributed by atoms with Crippen LogP contribution in [0.4, 0.5) is 0 Å². The lowest BCUT2D eigenvalue weighted by Crippen LogP contribution is -2.20. The van der Waals surface area contributed by atoms with Gasteiger partial charge in [0.15, 0.2) is 5.96 Å². The number of nitrogens with zero attached hydrogens (tertiary/aromatic N) is 2. The zero-order valence-corrected chi connectivity index (χ0v) is 15.0. The van der Waals surface area contributed by atoms with E-state index < -0.39 is 0 Å². The third-order valence-electron chi connectivity index (χ3n) is 4.04. The Bertz CT molecular complexity index is 1170. The van der Waals surface area contributed by atoms with E-state index in [9.17, 15) is 0 Å². The van der Waals surface area contributed by atoms with Crippen molar-refractivity contribution in [2.45, 2.75) is 0 Å². The van der Waals surface area contributed by atoms with Gasteiger partial charge in [-0.05, 0) is 72.8 Å². The van der Waals surface area contributed by atoms with Crippen LogP contribution in [0.5, 0.6) is 0 Å². The molecule has 7 nitrogen and oxygen atoms in total. The molecule has 7 N–H and O–H groups in total. The van der Waals surface area contributed by atoms with Gasteiger partial charge in [-0.15, -0.1) is 0 Å². The van der Waals surface area contributed by atoms with Crippen molar-refractivity contribution in [1.82, 2.24) is 19.9 Å². The third-order valence-corrected chi connectivity index (χ3v) is 4.04. The van der Waals surface area contributed by atoms with Gasteiger partial charge in [0.05, 0.1) is 22.8 Å². The van der Waals surface area contributed by atoms with Crippen molar-refractivity contribution in [3.05, 3.63) is 71.3 Å². The van der Waals surface area contributed by atoms with Crippen LogP contribution in [0.2, 0.25) is 0 Å². The Morgan fingerprint density at radius 2 is 0.929 bits per heavy atom. The third kappa shape index (κ3) is 4.16. The van der Waals surface area contributed by atoms with Crippen molar-refractivity contribution in [1.29, 1.82) is 5.41 Å². The lowest BCUT2D eigenvalue weighted by Gasteiger charge is -1.86. The second-order valence-electron chi connectivity index (χ2n) is 6.36. The fraction of sp³-hybridized carbons (Fsp3) is 0. The summed E-state index contributed by atoms with van der Waals surface area (Å²) in [5.74, 6) is -0.333. The summed E-state index contributed by atoms with van der Waals surface area (Å²) in [6, 6.07) is 16.4. The van der Waals surface area contributed by atoms with Crippen LogP contribution in [0.15, 0.2) is 48.5 Å². The van der Waals surface area contributed by atoms with Crippen molar-refractivity contribution in [2.75, 3.05) is 0 Å². The predicted octanol–water partition coefficient (Wildman–Crippen LogP) is 3.49. The maximum absolute atomic E-state index is 6.06. The van der Waals surface area contributed by atoms with Crippen LogP contribution in [0.3, 0.4) is 0 Å². The van der Waals surface area contributed by atoms with E-state index in [1.54, 1.807) is 0 Å². The molecule has 0 amide bonds. The van der Waals surface area contributed by atoms with Crippen LogP contribution < -0.4 is 11.5 Å². The highest BCUT2D eigenvalue weighted by molar-refractivity contribution is 5.77. The van der Waals surface area contributed by atoms with Gasteiger partial charge in [0.25, 0.3) is 0 Å². The Labute approximate surface area is 161 Å². The van der Waals surface area contributed by atoms with Gasteiger partial charge in [-0.3, -0.25) is 5.41 Å². The van der Waals surface area contributed by atoms with E-state index in [0.717, 1.165) is 44.8 Å². The highest BCUT2D eigenvalue weighted by atomic mass is 14.9. The van der Waals surface area contributed by atoms with E-state index in [1.807, 2.05) is 42.5 Å². The highest BCUT2D eigenvalue weighted by Gasteiger charge is 2.02. The van der Waals surface area contributed by atoms with Gasteiger partial charge in [-0.25, -0.2) is 9.97 Å². The average Bonchev–Trinajstić information content (AvgIpc) is 3.39. The summed E-state index contributed by atoms with van der Waals surface area (Å²) in [6.45, 7) is 0. The number of aromatic nitrogens is 4. The molecular weight excluding hydrogens is 350 g/mol. The van der Waals surface area contributed by atoms with Crippen LogP contribution in [0.1, 0.15) is 22.8 Å². The molecule has 0 radical (unpaired) electrons. The molecule has 2 aliphatic rings. The van der Waals surface area contributed by atoms with Crippen molar-refractivity contribution < 1.29 is 0 Å². The number of guanidine groups is 1. The Hall–Kier alpha value is -4.13. The van der Waals surface area contributed by atoms with E-state index in [2.05, 4.69) is 61.7 Å². The smallest absolute Gasteiger partial charge is 0.183 e. The van der Waals surface area contributed by atoms with Gasteiger partial charge >= 0.3 is 0 Å². The largest absolute Gasteiger partial charge is 0.370 e. The molecule has 3 aromatic rings. The Kier molecular flexibility index (Phi) is 4.47. The average molecular weight is 369 g/mol. The maximum Gasteiger partial charge on any atom is 0.183 e. The molecule has 5 rings (SSSR count). The number of rotatable bonds is 0. The topological polar surface area (TPSA) is 133 Å². The molecule has 0 saturated carbocycles. The number of hydrogen-bond acceptors (Lipinski definition) is 3. The Morgan fingerprint density at radius 1 is 0.607 bits per heavy atom. The van der Waals surface area contributed by atoms with Gasteiger partial charge < -0.3 is 21.4 Å². The van der Waals surface area contributed by atoms with Gasteiger partial charge in [-0.2, -0.15) is 0 Å². The molecule has 7 heteroatoms. The zero-order chi connectivity index (χ0) is 19.5. The molecule has 2 aliphatic heterocycles. The first-order valence-corrected chi connectivity index (χ1v) is 8.67. The van der Waals surface area contributed by atoms with Gasteiger partial charge in [0.1, 0.15) is 0 Å². The van der Waals surface area contributed by atoms with Crippen LogP contribution in [-0.2, 0) is 0 Å². The van der Waals surface area contributed by atoms with Crippen molar-refractivity contribution >= 4 is 52.3 Å². The summed E-state index contributed by atoms with van der Waals surface area (Å²) in [5.41, 5.74) is 16.8. The molecule has 0 aromatic carbocycles. The Morgan fingerprint density at radius 3 is 1.32 bits per heavy atom. The van der Waals surface area contributed by atoms with Crippen molar-refractivity contribution in [3.63, 3.8) is 0 Å². The Balaban J connectivity index is 0.000000442. The molecule has 0 fully saturated rings. The first-order valence-electron chi connectivity index (χ1n) is 8.67. The van der Waals surface area contributed by atoms with Crippen LogP contribution in [-0.4, -0.2) is 25.9 Å². The number of nitrogens with two attached hydrogens (primary N) is 2. The number of nitrogens with one attached hydrogen (secondary N) is 3. The molecule has 3 aromatic heterocycles. The molecule has 0 unspecified atom stereocenters. The number of aromatic amines is 2. The van der Waals surface area contributed by atoms with Crippen LogP contribution in [0, 0.1) is 5.41 Å². The van der Waals surface area contributed by atoms with Gasteiger partial charge in [0.2, 0.25) is 0 Å². The lowest BCUT2D eigenvalue weighted by molar-refractivity contribution is 1.28. The predicted molar refractivity (Wildman–Crippen MR) is 115 cm³/mol. The van der Waals surface area contributed by atoms with E-state index in [0.29, 0.717) is 0 Å². The normalized spacial score (nSPS) is 11.7. The number of hydrogen-bond donors (Lipinski definition) is 5. The minimum Gasteiger partial charge on any atom is -0.370 e. The molecule has 0 aliphatic carbocycles. The van der Waals surface area contributed by atoms with E-state index in [4.69, 9.17) is 5.41 Å². The zero-order valence-electron chi connectivity index (χ0n) is 15.0. The summed E-state index contributed by atoms with van der Waals surface area (Å²) in [7, 11) is 0. The summed E-state index contributed by atoms with van der Waals surface area (Å²) in [4.78, 5) is 16.0. The van der Waals surface area contributed by atoms with E-state index in [-0.39, 0.29) is 5.96 Å². The van der Waals surface area contributed by atoms with Crippen LogP contribution in [0.25, 0.3) is 46.4 Å². The lowest BCUT2D eigenvalue weighted by atomic mass is 10.3. The monoisotopic (exact) mass is 369 g/mol. The SMILES string of the molecule is C1=Cc2cc3ccc(cc4ccc(cc5nc(cc1n2)C=C5)[nH]4)[nH]3.N=C(N)N. The first-order chi connectivity index (χ1) is 13.5. The van der Waals surface area contributed by atoms with Crippen molar-refractivity contribution in [2.24, 2.45) is 11.5 Å². The molecule has 0 atom stereocenters. The van der Waals surface area contributed by atoms with E-state index >= 15 is 0 Å². The molecule has 8 bridgehead atoms. The molecule has 28 heavy (non-hydrogen) atoms. The second kappa shape index (κ2) is 7.24. The summed E-state index contributed by atoms with van der Waals surface area (Å²) < 4.78 is 0. The fourth-order valence-corrected chi connectivity index (χ4v) is 2.94. The number of fused-ring (bicyclic) bond motifs is 8. The summed E-state index contributed by atoms with van der Waals surface area (Å²) in [5, 5.41) is 6.06. The standard InChI is InChI=1S/C20H14N4.CH5N3/c1-2-14-10-16-5-6-18(23-16)12-20-8-7-19(24-20)11-17-4-3-15(22-17)9-13(1)21-14;2-1(3)4/h1-12,21-22H;(H5,2,3,4). The number of H-pyrrole nitrogens is 2. The maximum atomic E-state index is 6.06. The minimum atomic E-state index is -0.333. The molecule has 0 spiro atoms. The molecule has 0 saturated heterocycles. The second-order valence-corrected chi connectivity index (χ2v) is 6.36. The van der Waals surface area contributed by atoms with E-state index in [1.165, 1.54) is 0 Å². The summed E-state index contributed by atoms with van der Waals surface area (Å²) in [6.07, 6.45) is 8.05. The van der Waals surface area contributed by atoms with Crippen molar-refractivity contribution in [3.8, 4) is 0 Å². The van der Waals surface area contributed by atoms with Gasteiger partial charge in [0, 0.05) is 22.1 Å². The highest BCUT2D eigenvalue weighted by Crippen LogP contribution is 2.17. The summed E-state index contributed by atoms with van der Waals surface area (Å²) >= 11 is 0. The molecule has 5 heterocycles. The molecule has 138 valence electrons. The van der Waals surface area contributed by atoms with Gasteiger partial charge in [-0.1, -0.05) is 0 Å². The molecular formula is C21H19N7. The quantitative estimate of drug-likeness (QED) is 0.211. The van der Waals surface area contributed by atoms with Crippen LogP contribution >= 0.6 is 0 Å². The fourth-order valence-electron chi connectivity index (χ4n) is 2.94. The minimum absolute atomic E-state index is 0.333. The first kappa shape index (κ1) is 17.3.